The summed E-state index contributed by atoms with van der Waals surface area (Å²) in [6.45, 7) is 1.74. The highest BCUT2D eigenvalue weighted by atomic mass is 32.2. The summed E-state index contributed by atoms with van der Waals surface area (Å²) < 4.78 is 4.70. The fourth-order valence-electron chi connectivity index (χ4n) is 1.84. The van der Waals surface area contributed by atoms with Gasteiger partial charge in [0.05, 0.1) is 29.6 Å². The number of ether oxygens (including phenoxy) is 1. The first-order valence-electron chi connectivity index (χ1n) is 6.43. The highest BCUT2D eigenvalue weighted by molar-refractivity contribution is 7.98. The standard InChI is InChI=1S/C15H15N3O3S/c1-9-11(8-16-15(17-9)22-3)13(19)18-12-7-5-4-6-10(12)14(20)21-2/h4-8H,1-3H3,(H,18,19). The van der Waals surface area contributed by atoms with Crippen LogP contribution >= 0.6 is 11.8 Å². The van der Waals surface area contributed by atoms with E-state index in [-0.39, 0.29) is 11.5 Å². The number of hydrogen-bond donors (Lipinski definition) is 1. The summed E-state index contributed by atoms with van der Waals surface area (Å²) in [5.74, 6) is -0.886. The van der Waals surface area contributed by atoms with Crippen molar-refractivity contribution in [1.29, 1.82) is 0 Å². The van der Waals surface area contributed by atoms with Crippen molar-refractivity contribution >= 4 is 29.3 Å². The summed E-state index contributed by atoms with van der Waals surface area (Å²) in [4.78, 5) is 32.4. The third-order valence-electron chi connectivity index (χ3n) is 2.96. The molecule has 0 saturated carbocycles. The summed E-state index contributed by atoms with van der Waals surface area (Å²) in [7, 11) is 1.29. The number of hydrogen-bond acceptors (Lipinski definition) is 6. The lowest BCUT2D eigenvalue weighted by molar-refractivity contribution is 0.0602. The molecular formula is C15H15N3O3S. The number of nitrogens with one attached hydrogen (secondary N) is 1. The van der Waals surface area contributed by atoms with Crippen LogP contribution in [0.25, 0.3) is 0 Å². The van der Waals surface area contributed by atoms with Gasteiger partial charge in [0.1, 0.15) is 0 Å². The van der Waals surface area contributed by atoms with E-state index >= 15 is 0 Å². The second-order valence-corrected chi connectivity index (χ2v) is 5.12. The minimum absolute atomic E-state index is 0.289. The van der Waals surface area contributed by atoms with Crippen molar-refractivity contribution in [3.63, 3.8) is 0 Å². The van der Waals surface area contributed by atoms with Gasteiger partial charge < -0.3 is 10.1 Å². The van der Waals surface area contributed by atoms with Crippen LogP contribution < -0.4 is 5.32 Å². The van der Waals surface area contributed by atoms with E-state index in [1.54, 1.807) is 31.2 Å². The molecule has 0 aliphatic rings. The molecule has 0 unspecified atom stereocenters. The van der Waals surface area contributed by atoms with Gasteiger partial charge in [-0.05, 0) is 25.3 Å². The average molecular weight is 317 g/mol. The predicted molar refractivity (Wildman–Crippen MR) is 84.3 cm³/mol. The molecule has 1 N–H and O–H groups in total. The Morgan fingerprint density at radius 1 is 1.23 bits per heavy atom. The summed E-state index contributed by atoms with van der Waals surface area (Å²) in [5, 5.41) is 3.29. The molecule has 0 bridgehead atoms. The molecule has 7 heteroatoms. The average Bonchev–Trinajstić information content (AvgIpc) is 2.54. The highest BCUT2D eigenvalue weighted by Crippen LogP contribution is 2.18. The molecule has 1 aromatic carbocycles. The number of aryl methyl sites for hydroxylation is 1. The first-order chi connectivity index (χ1) is 10.6. The molecule has 6 nitrogen and oxygen atoms in total. The van der Waals surface area contributed by atoms with Crippen LogP contribution in [-0.2, 0) is 4.74 Å². The van der Waals surface area contributed by atoms with E-state index in [4.69, 9.17) is 4.74 Å². The van der Waals surface area contributed by atoms with Gasteiger partial charge in [-0.2, -0.15) is 0 Å². The Morgan fingerprint density at radius 3 is 2.59 bits per heavy atom. The molecule has 0 atom stereocenters. The Hall–Kier alpha value is -2.41. The summed E-state index contributed by atoms with van der Waals surface area (Å²) in [6.07, 6.45) is 3.34. The second-order valence-electron chi connectivity index (χ2n) is 4.35. The quantitative estimate of drug-likeness (QED) is 0.530. The molecule has 2 aromatic rings. The van der Waals surface area contributed by atoms with Crippen LogP contribution in [0.1, 0.15) is 26.4 Å². The Balaban J connectivity index is 2.28. The van der Waals surface area contributed by atoms with Crippen LogP contribution in [0.4, 0.5) is 5.69 Å². The molecule has 1 amide bonds. The molecule has 0 aliphatic carbocycles. The van der Waals surface area contributed by atoms with E-state index in [2.05, 4.69) is 15.3 Å². The molecule has 0 saturated heterocycles. The zero-order valence-electron chi connectivity index (χ0n) is 12.4. The van der Waals surface area contributed by atoms with Gasteiger partial charge in [0.15, 0.2) is 5.16 Å². The molecule has 2 rings (SSSR count). The topological polar surface area (TPSA) is 81.2 Å². The van der Waals surface area contributed by atoms with Crippen LogP contribution in [0.15, 0.2) is 35.6 Å². The van der Waals surface area contributed by atoms with Crippen LogP contribution in [0.3, 0.4) is 0 Å². The zero-order chi connectivity index (χ0) is 16.1. The van der Waals surface area contributed by atoms with Crippen molar-refractivity contribution in [3.05, 3.63) is 47.3 Å². The molecule has 22 heavy (non-hydrogen) atoms. The number of thioether (sulfide) groups is 1. The number of aromatic nitrogens is 2. The maximum Gasteiger partial charge on any atom is 0.339 e. The Kier molecular flexibility index (Phi) is 5.11. The Bertz CT molecular complexity index is 719. The first-order valence-corrected chi connectivity index (χ1v) is 7.65. The van der Waals surface area contributed by atoms with Gasteiger partial charge in [-0.3, -0.25) is 4.79 Å². The van der Waals surface area contributed by atoms with Gasteiger partial charge in [0, 0.05) is 6.20 Å². The van der Waals surface area contributed by atoms with Crippen LogP contribution in [0, 0.1) is 6.92 Å². The minimum atomic E-state index is -0.512. The van der Waals surface area contributed by atoms with Crippen LogP contribution in [-0.4, -0.2) is 35.2 Å². The largest absolute Gasteiger partial charge is 0.465 e. The van der Waals surface area contributed by atoms with Crippen molar-refractivity contribution < 1.29 is 14.3 Å². The summed E-state index contributed by atoms with van der Waals surface area (Å²) in [5.41, 5.74) is 1.61. The molecule has 1 aromatic heterocycles. The van der Waals surface area contributed by atoms with E-state index in [0.29, 0.717) is 22.1 Å². The van der Waals surface area contributed by atoms with Gasteiger partial charge in [-0.15, -0.1) is 0 Å². The number of methoxy groups -OCH3 is 1. The van der Waals surface area contributed by atoms with E-state index < -0.39 is 5.97 Å². The SMILES string of the molecule is COC(=O)c1ccccc1NC(=O)c1cnc(SC)nc1C. The molecule has 1 heterocycles. The Morgan fingerprint density at radius 2 is 1.95 bits per heavy atom. The van der Waals surface area contributed by atoms with Gasteiger partial charge in [-0.1, -0.05) is 23.9 Å². The highest BCUT2D eigenvalue weighted by Gasteiger charge is 2.16. The minimum Gasteiger partial charge on any atom is -0.465 e. The van der Waals surface area contributed by atoms with Gasteiger partial charge >= 0.3 is 5.97 Å². The normalized spacial score (nSPS) is 10.1. The molecular weight excluding hydrogens is 302 g/mol. The molecule has 0 aliphatic heterocycles. The summed E-state index contributed by atoms with van der Waals surface area (Å²) >= 11 is 1.40. The maximum atomic E-state index is 12.3. The third-order valence-corrected chi connectivity index (χ3v) is 3.53. The third kappa shape index (κ3) is 3.43. The number of benzene rings is 1. The van der Waals surface area contributed by atoms with E-state index in [9.17, 15) is 9.59 Å². The van der Waals surface area contributed by atoms with E-state index in [1.165, 1.54) is 25.1 Å². The monoisotopic (exact) mass is 317 g/mol. The number of para-hydroxylation sites is 1. The van der Waals surface area contributed by atoms with Gasteiger partial charge in [0.2, 0.25) is 0 Å². The number of amides is 1. The molecule has 0 fully saturated rings. The number of carbonyl (C=O) groups excluding carboxylic acids is 2. The molecule has 0 radical (unpaired) electrons. The number of anilines is 1. The zero-order valence-corrected chi connectivity index (χ0v) is 13.2. The van der Waals surface area contributed by atoms with Gasteiger partial charge in [-0.25, -0.2) is 14.8 Å². The summed E-state index contributed by atoms with van der Waals surface area (Å²) in [6, 6.07) is 6.64. The van der Waals surface area contributed by atoms with Gasteiger partial charge in [0.25, 0.3) is 5.91 Å². The lowest BCUT2D eigenvalue weighted by Crippen LogP contribution is -2.17. The van der Waals surface area contributed by atoms with E-state index in [1.807, 2.05) is 6.26 Å². The van der Waals surface area contributed by atoms with Crippen molar-refractivity contribution in [2.24, 2.45) is 0 Å². The molecule has 0 spiro atoms. The Labute approximate surface area is 132 Å². The second kappa shape index (κ2) is 7.04. The van der Waals surface area contributed by atoms with Crippen LogP contribution in [0.2, 0.25) is 0 Å². The lowest BCUT2D eigenvalue weighted by atomic mass is 10.1. The van der Waals surface area contributed by atoms with Crippen LogP contribution in [0.5, 0.6) is 0 Å². The lowest BCUT2D eigenvalue weighted by Gasteiger charge is -2.10. The number of esters is 1. The fourth-order valence-corrected chi connectivity index (χ4v) is 2.22. The van der Waals surface area contributed by atoms with E-state index in [0.717, 1.165) is 0 Å². The smallest absolute Gasteiger partial charge is 0.339 e. The van der Waals surface area contributed by atoms with Crippen molar-refractivity contribution in [1.82, 2.24) is 9.97 Å². The predicted octanol–water partition coefficient (Wildman–Crippen LogP) is 2.55. The van der Waals surface area contributed by atoms with Crippen molar-refractivity contribution in [3.8, 4) is 0 Å². The van der Waals surface area contributed by atoms with Crippen molar-refractivity contribution in [2.75, 3.05) is 18.7 Å². The molecule has 114 valence electrons. The number of rotatable bonds is 4. The van der Waals surface area contributed by atoms with Crippen molar-refractivity contribution in [2.45, 2.75) is 12.1 Å². The first kappa shape index (κ1) is 16.0. The number of nitrogens with zero attached hydrogens (tertiary/aromatic N) is 2. The number of carbonyl (C=O) groups is 2. The maximum absolute atomic E-state index is 12.3. The fraction of sp³-hybridized carbons (Fsp3) is 0.200.